The fraction of sp³-hybridized carbons (Fsp3) is 0.833. The van der Waals surface area contributed by atoms with Gasteiger partial charge in [0.2, 0.25) is 0 Å². The Balaban J connectivity index is 1.40. The van der Waals surface area contributed by atoms with E-state index in [4.69, 9.17) is 28.4 Å². The third kappa shape index (κ3) is 14.8. The van der Waals surface area contributed by atoms with E-state index < -0.39 is 102 Å². The van der Waals surface area contributed by atoms with Crippen molar-refractivity contribution in [2.75, 3.05) is 54.7 Å². The van der Waals surface area contributed by atoms with Crippen LogP contribution in [0.1, 0.15) is 137 Å². The Morgan fingerprint density at radius 1 is 0.986 bits per heavy atom. The van der Waals surface area contributed by atoms with Crippen LogP contribution in [0.4, 0.5) is 4.39 Å². The minimum Gasteiger partial charge on any atom is -0.459 e. The standard InChI is InChI=1S/C54H92FN5O12/c1-15-45-54(10,66)49(63)37(7)59(12)29-32(2)25-53(9,65)50(35(5)47(36(6)51(64)71-45)44-27-52(8,68-14)26-34(4)69-44)72-46-24-41(22-33(3)70-46)58(11)21-20-40-30-60(57-56-40)43(28-55)48(67-13)39-18-16-38(17-19-39)23-42(62)31-61/h16-19,30,32-37,41-50,61-63,65-66H,15,20-29,31H2,1-14H3/t32-,33-,34+,35+,36-,37-,41+,42?,43-,44-,45-,46+,47?,48-,49-,50-,52+,53-,54-/m1/s1. The number of methoxy groups -OCH3 is 2. The fourth-order valence-electron chi connectivity index (χ4n) is 12.3. The summed E-state index contributed by atoms with van der Waals surface area (Å²) >= 11 is 0. The number of ether oxygens (including phenoxy) is 6. The maximum Gasteiger partial charge on any atom is 0.309 e. The number of esters is 1. The van der Waals surface area contributed by atoms with E-state index in [1.54, 1.807) is 20.2 Å². The lowest BCUT2D eigenvalue weighted by Crippen LogP contribution is -2.59. The number of aliphatic hydroxyl groups excluding tert-OH is 3. The molecule has 5 N–H and O–H groups in total. The number of hydrogen-bond acceptors (Lipinski definition) is 16. The van der Waals surface area contributed by atoms with Crippen molar-refractivity contribution in [3.63, 3.8) is 0 Å². The maximum absolute atomic E-state index is 14.8. The van der Waals surface area contributed by atoms with Crippen molar-refractivity contribution in [2.24, 2.45) is 23.7 Å². The van der Waals surface area contributed by atoms with E-state index in [1.165, 1.54) is 18.7 Å². The molecule has 3 aliphatic heterocycles. The number of aromatic nitrogens is 3. The first-order valence-corrected chi connectivity index (χ1v) is 26.4. The second-order valence-corrected chi connectivity index (χ2v) is 22.8. The van der Waals surface area contributed by atoms with Crippen molar-refractivity contribution in [3.8, 4) is 0 Å². The van der Waals surface area contributed by atoms with Gasteiger partial charge < -0.3 is 63.8 Å². The molecule has 1 aromatic carbocycles. The van der Waals surface area contributed by atoms with Crippen LogP contribution in [0.3, 0.4) is 0 Å². The van der Waals surface area contributed by atoms with Gasteiger partial charge in [0.15, 0.2) is 6.29 Å². The number of halogens is 1. The summed E-state index contributed by atoms with van der Waals surface area (Å²) in [7, 11) is 7.16. The third-order valence-corrected chi connectivity index (χ3v) is 16.5. The molecule has 0 amide bonds. The van der Waals surface area contributed by atoms with Crippen LogP contribution >= 0.6 is 0 Å². The van der Waals surface area contributed by atoms with Gasteiger partial charge in [-0.25, -0.2) is 9.07 Å². The molecule has 2 unspecified atom stereocenters. The lowest BCUT2D eigenvalue weighted by atomic mass is 9.69. The monoisotopic (exact) mass is 1020 g/mol. The van der Waals surface area contributed by atoms with Crippen molar-refractivity contribution >= 4 is 5.97 Å². The van der Waals surface area contributed by atoms with Gasteiger partial charge in [0.05, 0.1) is 59.9 Å². The molecular weight excluding hydrogens is 930 g/mol. The summed E-state index contributed by atoms with van der Waals surface area (Å²) < 4.78 is 55.0. The Kier molecular flexibility index (Phi) is 21.6. The zero-order valence-corrected chi connectivity index (χ0v) is 45.8. The number of hydrogen-bond donors (Lipinski definition) is 5. The molecule has 412 valence electrons. The van der Waals surface area contributed by atoms with Crippen molar-refractivity contribution < 1.29 is 63.1 Å². The summed E-state index contributed by atoms with van der Waals surface area (Å²) in [5.41, 5.74) is -1.49. The number of nitrogens with zero attached hydrogens (tertiary/aromatic N) is 5. The molecule has 2 aromatic rings. The second kappa shape index (κ2) is 25.9. The first-order valence-electron chi connectivity index (χ1n) is 26.4. The van der Waals surface area contributed by atoms with Gasteiger partial charge in [-0.2, -0.15) is 0 Å². The molecule has 1 aromatic heterocycles. The second-order valence-electron chi connectivity index (χ2n) is 22.8. The predicted molar refractivity (Wildman–Crippen MR) is 271 cm³/mol. The Morgan fingerprint density at radius 2 is 1.67 bits per heavy atom. The van der Waals surface area contributed by atoms with Gasteiger partial charge in [-0.05, 0) is 97.9 Å². The normalized spacial score (nSPS) is 38.4. The average Bonchev–Trinajstić information content (AvgIpc) is 3.80. The number of aliphatic hydroxyl groups is 5. The summed E-state index contributed by atoms with van der Waals surface area (Å²) in [6.07, 6.45) is -0.723. The molecule has 3 fully saturated rings. The number of carbonyl (C=O) groups is 1. The van der Waals surface area contributed by atoms with E-state index in [0.29, 0.717) is 57.3 Å². The number of likely N-dealkylation sites (N-methyl/N-ethyl adjacent to an activating group) is 2. The highest BCUT2D eigenvalue weighted by Crippen LogP contribution is 2.45. The summed E-state index contributed by atoms with van der Waals surface area (Å²) in [5.74, 6) is -2.49. The zero-order valence-electron chi connectivity index (χ0n) is 45.8. The van der Waals surface area contributed by atoms with Crippen LogP contribution in [0.15, 0.2) is 30.5 Å². The van der Waals surface area contributed by atoms with Crippen LogP contribution in [0, 0.1) is 23.7 Å². The van der Waals surface area contributed by atoms with Crippen LogP contribution in [-0.2, 0) is 46.1 Å². The summed E-state index contributed by atoms with van der Waals surface area (Å²) in [4.78, 5) is 18.8. The van der Waals surface area contributed by atoms with Gasteiger partial charge in [-0.1, -0.05) is 57.2 Å². The number of cyclic esters (lactones) is 1. The molecule has 0 spiro atoms. The van der Waals surface area contributed by atoms with E-state index in [2.05, 4.69) is 36.1 Å². The van der Waals surface area contributed by atoms with E-state index in [9.17, 15) is 34.7 Å². The van der Waals surface area contributed by atoms with Gasteiger partial charge >= 0.3 is 5.97 Å². The van der Waals surface area contributed by atoms with Gasteiger partial charge in [0.1, 0.15) is 36.6 Å². The highest BCUT2D eigenvalue weighted by atomic mass is 19.1. The fourth-order valence-corrected chi connectivity index (χ4v) is 12.3. The minimum absolute atomic E-state index is 0.0168. The Morgan fingerprint density at radius 3 is 2.28 bits per heavy atom. The summed E-state index contributed by atoms with van der Waals surface area (Å²) in [6, 6.07) is 6.06. The average molecular weight is 1020 g/mol. The lowest BCUT2D eigenvalue weighted by Gasteiger charge is -2.50. The molecule has 17 nitrogen and oxygen atoms in total. The van der Waals surface area contributed by atoms with E-state index in [0.717, 1.165) is 17.5 Å². The van der Waals surface area contributed by atoms with Crippen LogP contribution < -0.4 is 0 Å². The summed E-state index contributed by atoms with van der Waals surface area (Å²) in [5, 5.41) is 64.4. The quantitative estimate of drug-likeness (QED) is 0.129. The smallest absolute Gasteiger partial charge is 0.309 e. The molecule has 0 aliphatic carbocycles. The molecule has 0 saturated carbocycles. The molecule has 3 saturated heterocycles. The molecule has 18 heteroatoms. The summed E-state index contributed by atoms with van der Waals surface area (Å²) in [6.45, 7) is 19.0. The molecule has 0 radical (unpaired) electrons. The van der Waals surface area contributed by atoms with Crippen LogP contribution in [0.2, 0.25) is 0 Å². The Bertz CT molecular complexity index is 1960. The highest BCUT2D eigenvalue weighted by molar-refractivity contribution is 5.73. The first kappa shape index (κ1) is 60.1. The highest BCUT2D eigenvalue weighted by Gasteiger charge is 2.53. The van der Waals surface area contributed by atoms with Crippen molar-refractivity contribution in [1.29, 1.82) is 0 Å². The van der Waals surface area contributed by atoms with Crippen molar-refractivity contribution in [2.45, 2.75) is 211 Å². The Labute approximate surface area is 429 Å². The Hall–Kier alpha value is -2.72. The minimum atomic E-state index is -1.77. The van der Waals surface area contributed by atoms with E-state index in [1.807, 2.05) is 77.8 Å². The molecule has 3 aliphatic rings. The molecule has 5 rings (SSSR count). The molecule has 19 atom stereocenters. The van der Waals surface area contributed by atoms with Gasteiger partial charge in [0.25, 0.3) is 0 Å². The van der Waals surface area contributed by atoms with Crippen molar-refractivity contribution in [1.82, 2.24) is 24.8 Å². The zero-order chi connectivity index (χ0) is 53.5. The van der Waals surface area contributed by atoms with Crippen molar-refractivity contribution in [3.05, 3.63) is 47.3 Å². The van der Waals surface area contributed by atoms with Crippen LogP contribution in [0.5, 0.6) is 0 Å². The topological polar surface area (TPSA) is 211 Å². The molecule has 72 heavy (non-hydrogen) atoms. The van der Waals surface area contributed by atoms with Gasteiger partial charge in [-0.3, -0.25) is 4.79 Å². The number of rotatable bonds is 17. The van der Waals surface area contributed by atoms with Crippen LogP contribution in [0.25, 0.3) is 0 Å². The van der Waals surface area contributed by atoms with Crippen LogP contribution in [-0.4, -0.2) is 189 Å². The number of alkyl halides is 1. The first-order chi connectivity index (χ1) is 33.8. The SMILES string of the molecule is CC[C@H]1OC(=O)[C@H](C)C([C@H]2C[C@@](C)(OC)C[C@H](C)O2)[C@H](C)[C@@H](O[C@H]2C[C@@H](N(C)CCc3cn([C@H](CF)[C@H](OC)c4ccc(CC(O)CO)cc4)nn3)C[C@@H](C)O2)[C@](C)(O)C[C@@H](C)CN(C)[C@H](C)[C@@H](O)[C@]1(C)O. The molecule has 4 heterocycles. The predicted octanol–water partition coefficient (Wildman–Crippen LogP) is 5.23. The van der Waals surface area contributed by atoms with E-state index >= 15 is 0 Å². The van der Waals surface area contributed by atoms with Gasteiger partial charge in [-0.15, -0.1) is 5.10 Å². The number of benzene rings is 1. The number of carbonyl (C=O) groups excluding carboxylic acids is 1. The third-order valence-electron chi connectivity index (χ3n) is 16.5. The molecular formula is C54H92FN5O12. The van der Waals surface area contributed by atoms with Gasteiger partial charge in [0, 0.05) is 83.6 Å². The lowest BCUT2D eigenvalue weighted by molar-refractivity contribution is -0.271. The molecule has 0 bridgehead atoms. The maximum atomic E-state index is 14.8. The largest absolute Gasteiger partial charge is 0.459 e. The van der Waals surface area contributed by atoms with E-state index in [-0.39, 0.29) is 37.2 Å².